The molecule has 1 aliphatic carbocycles. The van der Waals surface area contributed by atoms with Crippen LogP contribution in [0.15, 0.2) is 82.6 Å². The third kappa shape index (κ3) is 4.74. The van der Waals surface area contributed by atoms with Gasteiger partial charge >= 0.3 is 11.9 Å². The summed E-state index contributed by atoms with van der Waals surface area (Å²) < 4.78 is 2.13. The van der Waals surface area contributed by atoms with E-state index in [2.05, 4.69) is 61.5 Å². The second-order valence-electron chi connectivity index (χ2n) is 12.1. The Labute approximate surface area is 246 Å². The summed E-state index contributed by atoms with van der Waals surface area (Å²) in [5.41, 5.74) is 8.20. The molecule has 2 aromatic carbocycles. The molecule has 2 aromatic rings. The number of fused-ring (bicyclic) bond motifs is 2. The lowest BCUT2D eigenvalue weighted by atomic mass is 9.80. The lowest BCUT2D eigenvalue weighted by Gasteiger charge is -2.24. The highest BCUT2D eigenvalue weighted by Crippen LogP contribution is 2.47. The van der Waals surface area contributed by atoms with E-state index >= 15 is 0 Å². The van der Waals surface area contributed by atoms with Crippen LogP contribution in [0.3, 0.4) is 0 Å². The molecule has 0 fully saturated rings. The van der Waals surface area contributed by atoms with Crippen molar-refractivity contribution in [3.8, 4) is 0 Å². The molecule has 3 aliphatic rings. The van der Waals surface area contributed by atoms with Gasteiger partial charge in [0.05, 0.1) is 16.5 Å². The van der Waals surface area contributed by atoms with E-state index in [0.29, 0.717) is 11.1 Å². The normalized spacial score (nSPS) is 21.3. The predicted octanol–water partition coefficient (Wildman–Crippen LogP) is 7.56. The zero-order chi connectivity index (χ0) is 29.9. The van der Waals surface area contributed by atoms with Gasteiger partial charge in [-0.3, -0.25) is 0 Å². The maximum atomic E-state index is 11.6. The lowest BCUT2D eigenvalue weighted by molar-refractivity contribution is -0.401. The molecule has 0 spiro atoms. The highest BCUT2D eigenvalue weighted by Gasteiger charge is 2.43. The van der Waals surface area contributed by atoms with Crippen LogP contribution in [0.2, 0.25) is 0 Å². The van der Waals surface area contributed by atoms with Crippen LogP contribution in [0.25, 0.3) is 0 Å². The Morgan fingerprint density at radius 1 is 0.902 bits per heavy atom. The average Bonchev–Trinajstić information content (AvgIpc) is 3.24. The number of allylic oxidation sites excluding steroid dienone is 8. The highest BCUT2D eigenvalue weighted by molar-refractivity contribution is 6.32. The summed E-state index contributed by atoms with van der Waals surface area (Å²) in [5, 5.41) is 19.7. The molecule has 0 unspecified atom stereocenters. The first-order valence-corrected chi connectivity index (χ1v) is 14.2. The first-order valence-electron chi connectivity index (χ1n) is 13.8. The van der Waals surface area contributed by atoms with Crippen molar-refractivity contribution in [2.45, 2.75) is 57.8 Å². The molecule has 6 nitrogen and oxygen atoms in total. The molecule has 0 bridgehead atoms. The van der Waals surface area contributed by atoms with Gasteiger partial charge < -0.3 is 15.1 Å². The van der Waals surface area contributed by atoms with E-state index in [1.807, 2.05) is 26.2 Å². The number of likely N-dealkylation sites (N-methyl/N-ethyl adjacent to an activating group) is 1. The van der Waals surface area contributed by atoms with Gasteiger partial charge in [0.25, 0.3) is 0 Å². The number of halogens is 1. The molecule has 7 heteroatoms. The van der Waals surface area contributed by atoms with Crippen LogP contribution < -0.4 is 4.90 Å². The fraction of sp³-hybridized carbons (Fsp3) is 0.324. The first kappa shape index (κ1) is 28.6. The Balaban J connectivity index is 1.45. The van der Waals surface area contributed by atoms with Gasteiger partial charge in [-0.25, -0.2) is 9.59 Å². The molecule has 0 saturated carbocycles. The lowest BCUT2D eigenvalue weighted by Crippen LogP contribution is -2.26. The molecule has 41 heavy (non-hydrogen) atoms. The molecule has 0 aromatic heterocycles. The van der Waals surface area contributed by atoms with Crippen molar-refractivity contribution in [3.05, 3.63) is 105 Å². The zero-order valence-electron chi connectivity index (χ0n) is 24.4. The fourth-order valence-electron chi connectivity index (χ4n) is 6.51. The standard InChI is InChI=1S/C34H35ClN2O4/c1-33(2)24-18-22(31(38)39)10-14-26(24)36(5)28(33)16-12-20-8-7-9-21(30(20)35)13-17-29-34(3,4)25-19-23(32(40)41)11-15-27(25)37(29)6/h10-19H,7-9H2,1-6H3,(H-,38,39,40,41)/p+1. The van der Waals surface area contributed by atoms with E-state index in [0.717, 1.165) is 69.4 Å². The summed E-state index contributed by atoms with van der Waals surface area (Å²) in [4.78, 5) is 25.3. The van der Waals surface area contributed by atoms with Gasteiger partial charge in [-0.2, -0.15) is 4.58 Å². The van der Waals surface area contributed by atoms with Crippen LogP contribution in [-0.2, 0) is 10.8 Å². The van der Waals surface area contributed by atoms with Crippen molar-refractivity contribution in [1.29, 1.82) is 0 Å². The summed E-state index contributed by atoms with van der Waals surface area (Å²) in [5.74, 6) is -1.85. The minimum absolute atomic E-state index is 0.291. The average molecular weight is 572 g/mol. The summed E-state index contributed by atoms with van der Waals surface area (Å²) in [7, 11) is 4.03. The van der Waals surface area contributed by atoms with Crippen molar-refractivity contribution in [1.82, 2.24) is 0 Å². The molecule has 2 aliphatic heterocycles. The summed E-state index contributed by atoms with van der Waals surface area (Å²) in [6.45, 7) is 8.47. The van der Waals surface area contributed by atoms with Crippen LogP contribution in [-0.4, -0.2) is 46.5 Å². The summed E-state index contributed by atoms with van der Waals surface area (Å²) >= 11 is 6.99. The third-order valence-electron chi connectivity index (χ3n) is 8.90. The van der Waals surface area contributed by atoms with Crippen molar-refractivity contribution >= 4 is 40.6 Å². The highest BCUT2D eigenvalue weighted by atomic mass is 35.5. The van der Waals surface area contributed by atoms with Crippen LogP contribution in [0.1, 0.15) is 78.8 Å². The van der Waals surface area contributed by atoms with Crippen LogP contribution >= 0.6 is 11.6 Å². The molecular formula is C34H36ClN2O4+. The molecule has 0 saturated heterocycles. The van der Waals surface area contributed by atoms with E-state index in [1.54, 1.807) is 24.3 Å². The van der Waals surface area contributed by atoms with Gasteiger partial charge in [-0.05, 0) is 86.2 Å². The number of hydrogen-bond acceptors (Lipinski definition) is 3. The molecular weight excluding hydrogens is 536 g/mol. The molecule has 2 N–H and O–H groups in total. The molecule has 0 amide bonds. The van der Waals surface area contributed by atoms with Crippen LogP contribution in [0.4, 0.5) is 11.4 Å². The van der Waals surface area contributed by atoms with E-state index in [9.17, 15) is 19.8 Å². The minimum atomic E-state index is -0.926. The second kappa shape index (κ2) is 10.2. The number of nitrogens with zero attached hydrogens (tertiary/aromatic N) is 2. The monoisotopic (exact) mass is 571 g/mol. The maximum absolute atomic E-state index is 11.6. The number of aromatic carboxylic acids is 2. The summed E-state index contributed by atoms with van der Waals surface area (Å²) in [6.07, 6.45) is 11.2. The topological polar surface area (TPSA) is 80.8 Å². The Hall–Kier alpha value is -3.90. The quantitative estimate of drug-likeness (QED) is 0.362. The SMILES string of the molecule is CN1C(=C/C=C2\CCCC(C=CC3=[N+](C)c4ccc(C(=O)O)cc4C3(C)C)=C2Cl)C(C)(C)c2cc(C(=O)O)ccc21. The largest absolute Gasteiger partial charge is 0.478 e. The van der Waals surface area contributed by atoms with Gasteiger partial charge in [-0.15, -0.1) is 0 Å². The zero-order valence-corrected chi connectivity index (χ0v) is 25.1. The minimum Gasteiger partial charge on any atom is -0.478 e. The summed E-state index contributed by atoms with van der Waals surface area (Å²) in [6, 6.07) is 10.6. The molecule has 5 rings (SSSR count). The Morgan fingerprint density at radius 3 is 2.20 bits per heavy atom. The Bertz CT molecular complexity index is 1650. The van der Waals surface area contributed by atoms with E-state index in [1.165, 1.54) is 0 Å². The van der Waals surface area contributed by atoms with Gasteiger partial charge in [0, 0.05) is 46.6 Å². The van der Waals surface area contributed by atoms with Gasteiger partial charge in [0.2, 0.25) is 5.69 Å². The number of carboxylic acid groups (broad SMARTS) is 2. The number of carbonyl (C=O) groups is 2. The first-order chi connectivity index (χ1) is 19.2. The molecule has 0 atom stereocenters. The van der Waals surface area contributed by atoms with Gasteiger partial charge in [0.1, 0.15) is 7.05 Å². The van der Waals surface area contributed by atoms with E-state index in [-0.39, 0.29) is 10.8 Å². The third-order valence-corrected chi connectivity index (χ3v) is 9.39. The van der Waals surface area contributed by atoms with Gasteiger partial charge in [-0.1, -0.05) is 37.6 Å². The molecule has 0 radical (unpaired) electrons. The molecule has 2 heterocycles. The van der Waals surface area contributed by atoms with Gasteiger partial charge in [0.15, 0.2) is 5.71 Å². The smallest absolute Gasteiger partial charge is 0.335 e. The Kier molecular flexibility index (Phi) is 7.11. The van der Waals surface area contributed by atoms with Crippen molar-refractivity contribution in [3.63, 3.8) is 0 Å². The Morgan fingerprint density at radius 2 is 1.54 bits per heavy atom. The maximum Gasteiger partial charge on any atom is 0.335 e. The van der Waals surface area contributed by atoms with Crippen LogP contribution in [0.5, 0.6) is 0 Å². The number of benzene rings is 2. The number of rotatable bonds is 5. The number of hydrogen-bond donors (Lipinski definition) is 2. The van der Waals surface area contributed by atoms with Crippen molar-refractivity contribution in [2.24, 2.45) is 0 Å². The van der Waals surface area contributed by atoms with Crippen molar-refractivity contribution in [2.75, 3.05) is 19.0 Å². The van der Waals surface area contributed by atoms with Crippen molar-refractivity contribution < 1.29 is 24.4 Å². The number of carboxylic acids is 2. The second-order valence-corrected chi connectivity index (χ2v) is 12.5. The predicted molar refractivity (Wildman–Crippen MR) is 164 cm³/mol. The van der Waals surface area contributed by atoms with E-state index < -0.39 is 11.9 Å². The van der Waals surface area contributed by atoms with E-state index in [4.69, 9.17) is 11.6 Å². The van der Waals surface area contributed by atoms with Crippen LogP contribution in [0, 0.1) is 0 Å². The fourth-order valence-corrected chi connectivity index (χ4v) is 6.82. The molecule has 212 valence electrons. The number of anilines is 1.